The molecule has 1 atom stereocenters. The topological polar surface area (TPSA) is 78.5 Å². The second kappa shape index (κ2) is 9.73. The number of nitrogens with one attached hydrogen (secondary N) is 2. The van der Waals surface area contributed by atoms with Crippen molar-refractivity contribution in [1.82, 2.24) is 15.5 Å². The van der Waals surface area contributed by atoms with Crippen molar-refractivity contribution in [3.8, 4) is 0 Å². The number of piperidine rings is 1. The van der Waals surface area contributed by atoms with Gasteiger partial charge in [0.2, 0.25) is 11.8 Å². The Morgan fingerprint density at radius 1 is 0.949 bits per heavy atom. The Hall–Kier alpha value is -2.71. The monoisotopic (exact) mass is 547 g/mol. The maximum absolute atomic E-state index is 14.7. The lowest BCUT2D eigenvalue weighted by atomic mass is 9.53. The average molecular weight is 548 g/mol. The summed E-state index contributed by atoms with van der Waals surface area (Å²) < 4.78 is 14.7. The summed E-state index contributed by atoms with van der Waals surface area (Å²) >= 11 is 1.58. The summed E-state index contributed by atoms with van der Waals surface area (Å²) in [5, 5.41) is 6.27. The number of fused-ring (bicyclic) bond motifs is 1. The Labute approximate surface area is 232 Å². The number of thioether (sulfide) groups is 1. The smallest absolute Gasteiger partial charge is 0.258 e. The van der Waals surface area contributed by atoms with Gasteiger partial charge in [0.1, 0.15) is 11.9 Å². The lowest BCUT2D eigenvalue weighted by Crippen LogP contribution is -2.58. The molecule has 8 rings (SSSR count). The van der Waals surface area contributed by atoms with Crippen LogP contribution in [0.3, 0.4) is 0 Å². The molecule has 6 nitrogen and oxygen atoms in total. The highest BCUT2D eigenvalue weighted by molar-refractivity contribution is 7.98. The molecule has 1 unspecified atom stereocenters. The zero-order chi connectivity index (χ0) is 26.7. The van der Waals surface area contributed by atoms with E-state index in [4.69, 9.17) is 0 Å². The number of carbonyl (C=O) groups excluding carboxylic acids is 3. The van der Waals surface area contributed by atoms with Crippen molar-refractivity contribution in [3.63, 3.8) is 0 Å². The van der Waals surface area contributed by atoms with Crippen molar-refractivity contribution in [3.05, 3.63) is 64.5 Å². The molecule has 5 fully saturated rings. The van der Waals surface area contributed by atoms with Gasteiger partial charge in [0.05, 0.1) is 5.56 Å². The zero-order valence-electron chi connectivity index (χ0n) is 22.0. The molecular weight excluding hydrogens is 513 g/mol. The van der Waals surface area contributed by atoms with E-state index in [1.807, 2.05) is 0 Å². The van der Waals surface area contributed by atoms with Crippen LogP contribution in [0.5, 0.6) is 0 Å². The predicted octanol–water partition coefficient (Wildman–Crippen LogP) is 4.94. The summed E-state index contributed by atoms with van der Waals surface area (Å²) in [6, 6.07) is 11.0. The summed E-state index contributed by atoms with van der Waals surface area (Å²) in [4.78, 5) is 39.2. The molecule has 0 radical (unpaired) electrons. The van der Waals surface area contributed by atoms with Crippen LogP contribution in [0.2, 0.25) is 0 Å². The second-order valence-electron chi connectivity index (χ2n) is 12.5. The van der Waals surface area contributed by atoms with E-state index in [1.165, 1.54) is 60.6 Å². The van der Waals surface area contributed by atoms with Crippen molar-refractivity contribution < 1.29 is 18.8 Å². The van der Waals surface area contributed by atoms with Gasteiger partial charge in [0.25, 0.3) is 5.91 Å². The van der Waals surface area contributed by atoms with Gasteiger partial charge in [0.15, 0.2) is 0 Å². The molecule has 0 spiro atoms. The first-order valence-corrected chi connectivity index (χ1v) is 15.3. The summed E-state index contributed by atoms with van der Waals surface area (Å²) in [5.41, 5.74) is 3.50. The van der Waals surface area contributed by atoms with Gasteiger partial charge < -0.3 is 10.2 Å². The summed E-state index contributed by atoms with van der Waals surface area (Å²) in [6.45, 7) is 1.08. The minimum Gasteiger partial charge on any atom is -0.322 e. The molecular formula is C31H34FN3O3S. The molecule has 2 heterocycles. The van der Waals surface area contributed by atoms with E-state index in [9.17, 15) is 18.8 Å². The summed E-state index contributed by atoms with van der Waals surface area (Å²) in [7, 11) is 0. The second-order valence-corrected chi connectivity index (χ2v) is 13.5. The number of hydrogen-bond donors (Lipinski definition) is 2. The van der Waals surface area contributed by atoms with Crippen LogP contribution in [0.4, 0.5) is 4.39 Å². The van der Waals surface area contributed by atoms with E-state index in [2.05, 4.69) is 34.9 Å². The Kier molecular flexibility index (Phi) is 6.31. The highest BCUT2D eigenvalue weighted by Gasteiger charge is 2.50. The minimum absolute atomic E-state index is 0.0517. The van der Waals surface area contributed by atoms with Gasteiger partial charge in [-0.05, 0) is 86.0 Å². The molecule has 2 N–H and O–H groups in total. The Morgan fingerprint density at radius 2 is 1.62 bits per heavy atom. The lowest BCUT2D eigenvalue weighted by molar-refractivity contribution is -0.136. The van der Waals surface area contributed by atoms with Crippen LogP contribution in [0, 0.1) is 23.6 Å². The number of rotatable bonds is 7. The number of benzene rings is 2. The zero-order valence-corrected chi connectivity index (χ0v) is 22.8. The van der Waals surface area contributed by atoms with E-state index >= 15 is 0 Å². The largest absolute Gasteiger partial charge is 0.322 e. The first-order valence-electron chi connectivity index (χ1n) is 14.3. The third-order valence-electron chi connectivity index (χ3n) is 9.73. The third kappa shape index (κ3) is 4.69. The molecule has 2 aromatic carbocycles. The molecule has 1 saturated heterocycles. The summed E-state index contributed by atoms with van der Waals surface area (Å²) in [6.07, 6.45) is 8.83. The number of nitrogens with zero attached hydrogens (tertiary/aromatic N) is 1. The third-order valence-corrected chi connectivity index (χ3v) is 10.9. The molecule has 3 amide bonds. The molecule has 4 saturated carbocycles. The number of hydrogen-bond acceptors (Lipinski definition) is 5. The molecule has 8 heteroatoms. The van der Waals surface area contributed by atoms with Gasteiger partial charge in [-0.15, -0.1) is 11.8 Å². The van der Waals surface area contributed by atoms with Gasteiger partial charge in [-0.25, -0.2) is 4.39 Å². The van der Waals surface area contributed by atoms with Crippen molar-refractivity contribution in [2.45, 2.75) is 86.7 Å². The van der Waals surface area contributed by atoms with Gasteiger partial charge in [0, 0.05) is 41.3 Å². The molecule has 204 valence electrons. The molecule has 4 bridgehead atoms. The predicted molar refractivity (Wildman–Crippen MR) is 146 cm³/mol. The van der Waals surface area contributed by atoms with Gasteiger partial charge in [-0.3, -0.25) is 19.7 Å². The first kappa shape index (κ1) is 25.3. The van der Waals surface area contributed by atoms with Crippen LogP contribution in [0.15, 0.2) is 41.3 Å². The van der Waals surface area contributed by atoms with Crippen LogP contribution < -0.4 is 10.6 Å². The van der Waals surface area contributed by atoms with Crippen molar-refractivity contribution >= 4 is 29.5 Å². The van der Waals surface area contributed by atoms with Crippen LogP contribution in [-0.4, -0.2) is 34.2 Å². The number of carbonyl (C=O) groups is 3. The maximum atomic E-state index is 14.7. The molecule has 4 aliphatic carbocycles. The molecule has 2 aliphatic heterocycles. The Morgan fingerprint density at radius 3 is 2.28 bits per heavy atom. The standard InChI is InChI=1S/C31H34FN3O3S/c32-24-5-7-26(23-16-35(30(38)28(23)24)25-6-8-27(36)34-29(25)37)39-17-19-3-1-18(2-4-19)15-33-31-12-20-9-21(13-31)11-22(10-20)14-31/h1-5,7,20-22,25,33H,6,8-17H2,(H,34,36,37). The fourth-order valence-corrected chi connectivity index (χ4v) is 9.29. The van der Waals surface area contributed by atoms with Gasteiger partial charge >= 0.3 is 0 Å². The highest BCUT2D eigenvalue weighted by atomic mass is 32.2. The van der Waals surface area contributed by atoms with Gasteiger partial charge in [-0.2, -0.15) is 0 Å². The molecule has 0 aromatic heterocycles. The summed E-state index contributed by atoms with van der Waals surface area (Å²) in [5.74, 6) is 1.64. The molecule has 2 aromatic rings. The number of amides is 3. The number of halogens is 1. The Bertz CT molecular complexity index is 1310. The van der Waals surface area contributed by atoms with E-state index in [-0.39, 0.29) is 30.9 Å². The van der Waals surface area contributed by atoms with E-state index < -0.39 is 23.7 Å². The Balaban J connectivity index is 0.992. The lowest BCUT2D eigenvalue weighted by Gasteiger charge is -2.57. The quantitative estimate of drug-likeness (QED) is 0.379. The van der Waals surface area contributed by atoms with E-state index in [0.29, 0.717) is 16.9 Å². The maximum Gasteiger partial charge on any atom is 0.258 e. The molecule has 39 heavy (non-hydrogen) atoms. The normalized spacial score (nSPS) is 31.1. The van der Waals surface area contributed by atoms with E-state index in [0.717, 1.165) is 29.2 Å². The van der Waals surface area contributed by atoms with Crippen molar-refractivity contribution in [2.75, 3.05) is 0 Å². The number of imide groups is 1. The van der Waals surface area contributed by atoms with Crippen molar-refractivity contribution in [1.29, 1.82) is 0 Å². The van der Waals surface area contributed by atoms with Crippen LogP contribution in [-0.2, 0) is 28.4 Å². The average Bonchev–Trinajstić information content (AvgIpc) is 3.25. The highest BCUT2D eigenvalue weighted by Crippen LogP contribution is 2.55. The van der Waals surface area contributed by atoms with Crippen molar-refractivity contribution in [2.24, 2.45) is 17.8 Å². The fourth-order valence-electron chi connectivity index (χ4n) is 8.27. The minimum atomic E-state index is -0.751. The van der Waals surface area contributed by atoms with Crippen LogP contribution in [0.1, 0.15) is 78.4 Å². The van der Waals surface area contributed by atoms with Crippen LogP contribution in [0.25, 0.3) is 0 Å². The first-order chi connectivity index (χ1) is 18.9. The fraction of sp³-hybridized carbons (Fsp3) is 0.516. The van der Waals surface area contributed by atoms with Gasteiger partial charge in [-0.1, -0.05) is 24.3 Å². The van der Waals surface area contributed by atoms with Crippen LogP contribution >= 0.6 is 11.8 Å². The SMILES string of the molecule is O=C1CCC(N2Cc3c(SCc4ccc(CNC56CC7CC(CC(C7)C5)C6)cc4)ccc(F)c3C2=O)C(=O)N1. The van der Waals surface area contributed by atoms with E-state index in [1.54, 1.807) is 17.8 Å². The molecule has 6 aliphatic rings.